The van der Waals surface area contributed by atoms with E-state index in [0.29, 0.717) is 5.89 Å². The van der Waals surface area contributed by atoms with Gasteiger partial charge in [-0.25, -0.2) is 4.98 Å². The summed E-state index contributed by atoms with van der Waals surface area (Å²) in [6, 6.07) is 7.71. The van der Waals surface area contributed by atoms with Crippen molar-refractivity contribution in [3.05, 3.63) is 35.7 Å². The first-order valence-corrected chi connectivity index (χ1v) is 5.20. The van der Waals surface area contributed by atoms with E-state index in [0.717, 1.165) is 35.9 Å². The molecule has 2 heterocycles. The zero-order chi connectivity index (χ0) is 11.0. The van der Waals surface area contributed by atoms with Crippen molar-refractivity contribution in [3.63, 3.8) is 0 Å². The van der Waals surface area contributed by atoms with Gasteiger partial charge in [-0.2, -0.15) is 0 Å². The minimum Gasteiger partial charge on any atom is -0.497 e. The van der Waals surface area contributed by atoms with Crippen molar-refractivity contribution in [2.45, 2.75) is 13.1 Å². The van der Waals surface area contributed by atoms with Gasteiger partial charge in [-0.1, -0.05) is 0 Å². The Morgan fingerprint density at radius 1 is 1.25 bits per heavy atom. The number of benzene rings is 1. The highest BCUT2D eigenvalue weighted by atomic mass is 16.5. The van der Waals surface area contributed by atoms with E-state index in [-0.39, 0.29) is 0 Å². The van der Waals surface area contributed by atoms with Gasteiger partial charge in [0.25, 0.3) is 0 Å². The van der Waals surface area contributed by atoms with Gasteiger partial charge < -0.3 is 14.5 Å². The zero-order valence-corrected chi connectivity index (χ0v) is 8.99. The molecule has 0 radical (unpaired) electrons. The van der Waals surface area contributed by atoms with Crippen LogP contribution in [0.15, 0.2) is 28.7 Å². The highest BCUT2D eigenvalue weighted by Gasteiger charge is 2.18. The second-order valence-electron chi connectivity index (χ2n) is 3.72. The normalized spacial score (nSPS) is 13.8. The maximum Gasteiger partial charge on any atom is 0.226 e. The fourth-order valence-electron chi connectivity index (χ4n) is 1.81. The molecule has 4 nitrogen and oxygen atoms in total. The van der Waals surface area contributed by atoms with Crippen molar-refractivity contribution in [2.24, 2.45) is 0 Å². The summed E-state index contributed by atoms with van der Waals surface area (Å²) < 4.78 is 10.8. The molecule has 0 saturated carbocycles. The quantitative estimate of drug-likeness (QED) is 0.833. The summed E-state index contributed by atoms with van der Waals surface area (Å²) in [7, 11) is 1.65. The van der Waals surface area contributed by atoms with E-state index in [1.807, 2.05) is 24.3 Å². The van der Waals surface area contributed by atoms with Crippen LogP contribution in [0.2, 0.25) is 0 Å². The van der Waals surface area contributed by atoms with E-state index in [1.165, 1.54) is 0 Å². The van der Waals surface area contributed by atoms with Gasteiger partial charge in [-0.3, -0.25) is 0 Å². The Balaban J connectivity index is 1.95. The van der Waals surface area contributed by atoms with E-state index in [2.05, 4.69) is 10.3 Å². The summed E-state index contributed by atoms with van der Waals surface area (Å²) in [5.74, 6) is 2.48. The number of ether oxygens (including phenoxy) is 1. The molecule has 82 valence electrons. The van der Waals surface area contributed by atoms with Gasteiger partial charge in [0.1, 0.15) is 11.5 Å². The second-order valence-corrected chi connectivity index (χ2v) is 3.72. The molecule has 1 aliphatic heterocycles. The van der Waals surface area contributed by atoms with Crippen LogP contribution in [0, 0.1) is 0 Å². The molecule has 0 aliphatic carbocycles. The number of fused-ring (bicyclic) bond motifs is 1. The average molecular weight is 216 g/mol. The number of nitrogens with one attached hydrogen (secondary N) is 1. The van der Waals surface area contributed by atoms with Crippen molar-refractivity contribution in [1.82, 2.24) is 10.3 Å². The molecule has 1 aliphatic rings. The van der Waals surface area contributed by atoms with Gasteiger partial charge >= 0.3 is 0 Å². The Hall–Kier alpha value is -1.81. The van der Waals surface area contributed by atoms with Gasteiger partial charge in [-0.05, 0) is 24.3 Å². The van der Waals surface area contributed by atoms with Crippen molar-refractivity contribution in [3.8, 4) is 17.2 Å². The predicted molar refractivity (Wildman–Crippen MR) is 59.0 cm³/mol. The van der Waals surface area contributed by atoms with Crippen LogP contribution in [0.3, 0.4) is 0 Å². The third-order valence-electron chi connectivity index (χ3n) is 2.69. The molecule has 0 saturated heterocycles. The van der Waals surface area contributed by atoms with E-state index in [9.17, 15) is 0 Å². The number of hydrogen-bond donors (Lipinski definition) is 1. The molecule has 0 fully saturated rings. The van der Waals surface area contributed by atoms with Crippen LogP contribution in [0.5, 0.6) is 5.75 Å². The lowest BCUT2D eigenvalue weighted by atomic mass is 10.2. The van der Waals surface area contributed by atoms with E-state index >= 15 is 0 Å². The number of aromatic nitrogens is 1. The third-order valence-corrected chi connectivity index (χ3v) is 2.69. The topological polar surface area (TPSA) is 47.3 Å². The fourth-order valence-corrected chi connectivity index (χ4v) is 1.81. The van der Waals surface area contributed by atoms with Crippen LogP contribution in [0.25, 0.3) is 11.5 Å². The molecule has 16 heavy (non-hydrogen) atoms. The second kappa shape index (κ2) is 3.64. The molecule has 4 heteroatoms. The Morgan fingerprint density at radius 3 is 2.75 bits per heavy atom. The molecule has 1 aromatic carbocycles. The lowest BCUT2D eigenvalue weighted by Gasteiger charge is -2.00. The van der Waals surface area contributed by atoms with E-state index < -0.39 is 0 Å². The first-order chi connectivity index (χ1) is 7.86. The minimum absolute atomic E-state index is 0.689. The summed E-state index contributed by atoms with van der Waals surface area (Å²) in [6.45, 7) is 1.58. The Labute approximate surface area is 93.3 Å². The van der Waals surface area contributed by atoms with Gasteiger partial charge in [0.2, 0.25) is 5.89 Å². The van der Waals surface area contributed by atoms with Crippen molar-refractivity contribution in [2.75, 3.05) is 7.11 Å². The van der Waals surface area contributed by atoms with Crippen LogP contribution >= 0.6 is 0 Å². The standard InChI is InChI=1S/C12H12N2O2/c1-15-9-4-2-8(3-5-9)12-14-10-6-13-7-11(10)16-12/h2-5,13H,6-7H2,1H3. The molecule has 0 atom stereocenters. The Morgan fingerprint density at radius 2 is 2.06 bits per heavy atom. The van der Waals surface area contributed by atoms with Gasteiger partial charge in [-0.15, -0.1) is 0 Å². The molecule has 1 N–H and O–H groups in total. The number of rotatable bonds is 2. The van der Waals surface area contributed by atoms with Crippen LogP contribution in [-0.2, 0) is 13.1 Å². The van der Waals surface area contributed by atoms with E-state index in [4.69, 9.17) is 9.15 Å². The monoisotopic (exact) mass is 216 g/mol. The Bertz CT molecular complexity index is 481. The average Bonchev–Trinajstić information content (AvgIpc) is 2.89. The van der Waals surface area contributed by atoms with Crippen LogP contribution < -0.4 is 10.1 Å². The molecule has 0 bridgehead atoms. The molecule has 0 amide bonds. The summed E-state index contributed by atoms with van der Waals surface area (Å²) in [6.07, 6.45) is 0. The number of methoxy groups -OCH3 is 1. The molecule has 0 spiro atoms. The highest BCUT2D eigenvalue weighted by Crippen LogP contribution is 2.25. The fraction of sp³-hybridized carbons (Fsp3) is 0.250. The molecular weight excluding hydrogens is 204 g/mol. The van der Waals surface area contributed by atoms with Crippen molar-refractivity contribution < 1.29 is 9.15 Å². The largest absolute Gasteiger partial charge is 0.497 e. The van der Waals surface area contributed by atoms with Crippen LogP contribution in [0.1, 0.15) is 11.5 Å². The van der Waals surface area contributed by atoms with Crippen molar-refractivity contribution in [1.29, 1.82) is 0 Å². The zero-order valence-electron chi connectivity index (χ0n) is 8.99. The van der Waals surface area contributed by atoms with Crippen LogP contribution in [-0.4, -0.2) is 12.1 Å². The summed E-state index contributed by atoms with van der Waals surface area (Å²) in [5, 5.41) is 3.19. The van der Waals surface area contributed by atoms with Crippen LogP contribution in [0.4, 0.5) is 0 Å². The highest BCUT2D eigenvalue weighted by molar-refractivity contribution is 5.55. The molecular formula is C12H12N2O2. The molecule has 2 aromatic rings. The summed E-state index contributed by atoms with van der Waals surface area (Å²) >= 11 is 0. The lowest BCUT2D eigenvalue weighted by molar-refractivity contribution is 0.415. The molecule has 0 unspecified atom stereocenters. The van der Waals surface area contributed by atoms with Crippen molar-refractivity contribution >= 4 is 0 Å². The molecule has 3 rings (SSSR count). The first kappa shape index (κ1) is 9.42. The minimum atomic E-state index is 0.689. The summed E-state index contributed by atoms with van der Waals surface area (Å²) in [5.41, 5.74) is 2.00. The third kappa shape index (κ3) is 1.47. The number of hydrogen-bond acceptors (Lipinski definition) is 4. The van der Waals surface area contributed by atoms with Gasteiger partial charge in [0.15, 0.2) is 0 Å². The van der Waals surface area contributed by atoms with E-state index in [1.54, 1.807) is 7.11 Å². The maximum atomic E-state index is 5.67. The predicted octanol–water partition coefficient (Wildman–Crippen LogP) is 1.95. The Kier molecular flexibility index (Phi) is 2.15. The summed E-state index contributed by atoms with van der Waals surface area (Å²) in [4.78, 5) is 4.45. The maximum absolute atomic E-state index is 5.67. The number of nitrogens with zero attached hydrogens (tertiary/aromatic N) is 1. The number of oxazole rings is 1. The van der Waals surface area contributed by atoms with Gasteiger partial charge in [0, 0.05) is 12.1 Å². The van der Waals surface area contributed by atoms with Gasteiger partial charge in [0.05, 0.1) is 19.3 Å². The lowest BCUT2D eigenvalue weighted by Crippen LogP contribution is -2.01. The first-order valence-electron chi connectivity index (χ1n) is 5.20. The SMILES string of the molecule is COc1ccc(-c2nc3c(o2)CNC3)cc1. The smallest absolute Gasteiger partial charge is 0.226 e. The molecule has 1 aromatic heterocycles.